The lowest BCUT2D eigenvalue weighted by Gasteiger charge is -2.37. The van der Waals surface area contributed by atoms with Gasteiger partial charge in [-0.15, -0.1) is 0 Å². The molecule has 4 aromatic carbocycles. The second-order valence-electron chi connectivity index (χ2n) is 21.8. The Morgan fingerprint density at radius 1 is 0.709 bits per heavy atom. The van der Waals surface area contributed by atoms with Crippen LogP contribution in [0.5, 0.6) is 0 Å². The van der Waals surface area contributed by atoms with Gasteiger partial charge in [0.1, 0.15) is 17.9 Å². The highest BCUT2D eigenvalue weighted by molar-refractivity contribution is 6.30. The Morgan fingerprint density at radius 3 is 1.87 bits per heavy atom. The number of amides is 4. The minimum atomic E-state index is -4.56. The predicted molar refractivity (Wildman–Crippen MR) is 286 cm³/mol. The summed E-state index contributed by atoms with van der Waals surface area (Å²) in [5.74, 6) is -1.39. The minimum Gasteiger partial charge on any atom is -0.377 e. The molecule has 2 aliphatic carbocycles. The standard InChI is InChI=1S/C58H70ClF7N8O5/c1-56(33-49(56)38-10-16-45(59)17-11-38)37-68-20-4-3-5-50(69-52(75)39-6-12-43(13-7-39)57(61,62)63)54(77)74-28-24-72(25-29-74)35-42-31-46(60)18-19-47(42)48-32-41(48)34-67-21-30-79-36-51(55(78)73-26-22-71(2)23-27-73)70-53(76)40-8-14-44(15-9-40)58(64,65)66/h6-19,31,41,48-51,67-68H,3-5,20-30,32-37H2,1-2H3,(H,69,75)(H,70,76)/t41?,48-,49+,50+,51+,56?/m1/s1. The maximum atomic E-state index is 14.8. The molecule has 2 heterocycles. The first-order valence-corrected chi connectivity index (χ1v) is 27.5. The zero-order chi connectivity index (χ0) is 56.5. The van der Waals surface area contributed by atoms with Crippen LogP contribution in [0.1, 0.15) is 99.4 Å². The molecule has 2 aliphatic heterocycles. The fourth-order valence-electron chi connectivity index (χ4n) is 10.7. The van der Waals surface area contributed by atoms with Gasteiger partial charge in [-0.3, -0.25) is 24.1 Å². The lowest BCUT2D eigenvalue weighted by molar-refractivity contribution is -0.138. The Bertz CT molecular complexity index is 2700. The van der Waals surface area contributed by atoms with Gasteiger partial charge in [-0.05, 0) is 165 Å². The Morgan fingerprint density at radius 2 is 1.28 bits per heavy atom. The number of carbonyl (C=O) groups excluding carboxylic acids is 4. The maximum absolute atomic E-state index is 14.8. The molecule has 4 aromatic rings. The summed E-state index contributed by atoms with van der Waals surface area (Å²) in [5.41, 5.74) is 1.52. The van der Waals surface area contributed by atoms with Gasteiger partial charge in [0, 0.05) is 88.1 Å². The molecule has 2 saturated heterocycles. The largest absolute Gasteiger partial charge is 0.416 e. The third-order valence-corrected chi connectivity index (χ3v) is 16.1. The van der Waals surface area contributed by atoms with E-state index in [-0.39, 0.29) is 59.2 Å². The number of carbonyl (C=O) groups is 4. The molecule has 4 fully saturated rings. The van der Waals surface area contributed by atoms with Crippen LogP contribution in [-0.4, -0.2) is 154 Å². The second-order valence-corrected chi connectivity index (χ2v) is 22.2. The van der Waals surface area contributed by atoms with Crippen LogP contribution >= 0.6 is 11.6 Å². The first-order valence-electron chi connectivity index (χ1n) is 27.1. The summed E-state index contributed by atoms with van der Waals surface area (Å²) in [6.07, 6.45) is -5.49. The Labute approximate surface area is 461 Å². The van der Waals surface area contributed by atoms with Crippen LogP contribution in [-0.2, 0) is 33.2 Å². The highest BCUT2D eigenvalue weighted by Crippen LogP contribution is 2.58. The predicted octanol–water partition coefficient (Wildman–Crippen LogP) is 8.20. The maximum Gasteiger partial charge on any atom is 0.416 e. The minimum absolute atomic E-state index is 0.0163. The van der Waals surface area contributed by atoms with Gasteiger partial charge in [0.25, 0.3) is 11.8 Å². The number of nitrogens with one attached hydrogen (secondary N) is 4. The van der Waals surface area contributed by atoms with Crippen LogP contribution in [0.4, 0.5) is 30.7 Å². The van der Waals surface area contributed by atoms with Gasteiger partial charge in [-0.2, -0.15) is 26.3 Å². The summed E-state index contributed by atoms with van der Waals surface area (Å²) in [6, 6.07) is 18.6. The normalized spacial score (nSPS) is 21.6. The van der Waals surface area contributed by atoms with Crippen molar-refractivity contribution in [2.75, 3.05) is 98.8 Å². The summed E-state index contributed by atoms with van der Waals surface area (Å²) < 4.78 is 100. The van der Waals surface area contributed by atoms with E-state index in [1.165, 1.54) is 11.6 Å². The van der Waals surface area contributed by atoms with Crippen LogP contribution in [0, 0.1) is 17.2 Å². The smallest absolute Gasteiger partial charge is 0.377 e. The third kappa shape index (κ3) is 16.5. The second kappa shape index (κ2) is 26.3. The van der Waals surface area contributed by atoms with Crippen LogP contribution in [0.25, 0.3) is 0 Å². The van der Waals surface area contributed by atoms with E-state index in [1.54, 1.807) is 15.9 Å². The molecule has 0 spiro atoms. The highest BCUT2D eigenvalue weighted by atomic mass is 35.5. The van der Waals surface area contributed by atoms with Crippen LogP contribution in [0.15, 0.2) is 91.0 Å². The molecule has 0 radical (unpaired) electrons. The summed E-state index contributed by atoms with van der Waals surface area (Å²) in [6.45, 7) is 9.34. The van der Waals surface area contributed by atoms with Crippen LogP contribution in [0.2, 0.25) is 5.02 Å². The first-order chi connectivity index (χ1) is 37.6. The van der Waals surface area contributed by atoms with Gasteiger partial charge in [-0.25, -0.2) is 4.39 Å². The molecule has 4 amide bonds. The number of alkyl halides is 6. The summed E-state index contributed by atoms with van der Waals surface area (Å²) in [7, 11) is 1.94. The molecule has 21 heteroatoms. The molecular formula is C58H70ClF7N8O5. The van der Waals surface area contributed by atoms with Crippen molar-refractivity contribution in [3.63, 3.8) is 0 Å². The van der Waals surface area contributed by atoms with Gasteiger partial charge < -0.3 is 40.7 Å². The lowest BCUT2D eigenvalue weighted by atomic mass is 10.0. The van der Waals surface area contributed by atoms with Gasteiger partial charge in [0.2, 0.25) is 11.8 Å². The molecule has 428 valence electrons. The third-order valence-electron chi connectivity index (χ3n) is 15.8. The number of piperazine rings is 2. The van der Waals surface area contributed by atoms with Gasteiger partial charge in [-0.1, -0.05) is 36.7 Å². The number of ether oxygens (including phenoxy) is 1. The number of rotatable bonds is 24. The number of hydrogen-bond acceptors (Lipinski definition) is 9. The zero-order valence-electron chi connectivity index (χ0n) is 44.5. The van der Waals surface area contributed by atoms with Crippen molar-refractivity contribution in [2.45, 2.75) is 81.8 Å². The molecule has 8 rings (SSSR count). The number of benzene rings is 4. The molecule has 13 nitrogen and oxygen atoms in total. The summed E-state index contributed by atoms with van der Waals surface area (Å²) >= 11 is 6.09. The molecule has 0 bridgehead atoms. The van der Waals surface area contributed by atoms with Crippen molar-refractivity contribution in [3.05, 3.63) is 141 Å². The number of unbranched alkanes of at least 4 members (excludes halogenated alkanes) is 1. The number of likely N-dealkylation sites (N-methyl/N-ethyl adjacent to an activating group) is 1. The Hall–Kier alpha value is -5.64. The number of halogens is 8. The van der Waals surface area contributed by atoms with E-state index in [0.29, 0.717) is 102 Å². The molecule has 6 atom stereocenters. The number of nitrogens with zero attached hydrogens (tertiary/aromatic N) is 4. The van der Waals surface area contributed by atoms with E-state index in [2.05, 4.69) is 50.1 Å². The van der Waals surface area contributed by atoms with Gasteiger partial charge in [0.05, 0.1) is 24.3 Å². The van der Waals surface area contributed by atoms with Crippen molar-refractivity contribution >= 4 is 35.2 Å². The van der Waals surface area contributed by atoms with Crippen molar-refractivity contribution in [3.8, 4) is 0 Å². The molecule has 4 N–H and O–H groups in total. The zero-order valence-corrected chi connectivity index (χ0v) is 45.3. The Balaban J connectivity index is 0.792. The quantitative estimate of drug-likeness (QED) is 0.0405. The summed E-state index contributed by atoms with van der Waals surface area (Å²) in [4.78, 5) is 61.9. The van der Waals surface area contributed by atoms with E-state index in [9.17, 15) is 49.9 Å². The number of hydrogen-bond donors (Lipinski definition) is 4. The van der Waals surface area contributed by atoms with E-state index in [4.69, 9.17) is 16.3 Å². The Kier molecular flexibility index (Phi) is 19.8. The fourth-order valence-corrected chi connectivity index (χ4v) is 10.8. The lowest BCUT2D eigenvalue weighted by Crippen LogP contribution is -2.55. The van der Waals surface area contributed by atoms with Gasteiger partial charge in [0.15, 0.2) is 0 Å². The highest BCUT2D eigenvalue weighted by Gasteiger charge is 2.50. The van der Waals surface area contributed by atoms with Crippen LogP contribution in [0.3, 0.4) is 0 Å². The average Bonchev–Trinajstić information content (AvgIpc) is 4.40. The van der Waals surface area contributed by atoms with Gasteiger partial charge >= 0.3 is 12.4 Å². The molecule has 79 heavy (non-hydrogen) atoms. The van der Waals surface area contributed by atoms with Crippen molar-refractivity contribution in [1.82, 2.24) is 40.9 Å². The van der Waals surface area contributed by atoms with Crippen molar-refractivity contribution < 1.29 is 54.6 Å². The SMILES string of the molecule is CN1CCN(C(=O)[C@H](COCCNCC2C[C@H]2c2ccc(F)cc2CN2CCN(C(=O)[C@H](CCCCNCC3(C)C[C@H]3c3ccc(Cl)cc3)NC(=O)c3ccc(C(F)(F)F)cc3)CC2)NC(=O)c2ccc(C(F)(F)F)cc2)CC1. The topological polar surface area (TPSA) is 139 Å². The molecule has 0 aromatic heterocycles. The van der Waals surface area contributed by atoms with E-state index >= 15 is 0 Å². The van der Waals surface area contributed by atoms with Crippen molar-refractivity contribution in [2.24, 2.45) is 11.3 Å². The monoisotopic (exact) mass is 1130 g/mol. The molecule has 2 unspecified atom stereocenters. The first kappa shape index (κ1) is 59.5. The summed E-state index contributed by atoms with van der Waals surface area (Å²) in [5, 5.41) is 13.2. The molecule has 2 saturated carbocycles. The molecular weight excluding hydrogens is 1060 g/mol. The van der Waals surface area contributed by atoms with E-state index in [1.807, 2.05) is 25.2 Å². The van der Waals surface area contributed by atoms with Crippen molar-refractivity contribution in [1.29, 1.82) is 0 Å². The molecule has 4 aliphatic rings. The van der Waals surface area contributed by atoms with Crippen LogP contribution < -0.4 is 21.3 Å². The van der Waals surface area contributed by atoms with E-state index in [0.717, 1.165) is 85.5 Å². The average molecular weight is 1130 g/mol. The fraction of sp³-hybridized carbons (Fsp3) is 0.517. The van der Waals surface area contributed by atoms with E-state index < -0.39 is 47.4 Å².